The number of aliphatic imine (C=N–C) groups is 1. The Hall–Kier alpha value is -1.48. The number of aromatic hydroxyl groups is 1. The Bertz CT molecular complexity index is 737. The molecule has 0 spiro atoms. The number of hydrogen-bond acceptors (Lipinski definition) is 3. The molecule has 1 aliphatic rings. The molecule has 0 bridgehead atoms. The third kappa shape index (κ3) is 6.57. The van der Waals surface area contributed by atoms with E-state index in [0.29, 0.717) is 12.6 Å². The molecule has 27 heavy (non-hydrogen) atoms. The van der Waals surface area contributed by atoms with Gasteiger partial charge in [-0.1, -0.05) is 28.1 Å². The first-order valence-corrected chi connectivity index (χ1v) is 9.76. The molecule has 1 heterocycles. The van der Waals surface area contributed by atoms with Gasteiger partial charge in [0, 0.05) is 35.8 Å². The van der Waals surface area contributed by atoms with Crippen LogP contribution >= 0.6 is 39.9 Å². The summed E-state index contributed by atoms with van der Waals surface area (Å²) in [5, 5.41) is 16.2. The van der Waals surface area contributed by atoms with Gasteiger partial charge in [0.15, 0.2) is 5.96 Å². The predicted octanol–water partition coefficient (Wildman–Crippen LogP) is 4.11. The molecular weight excluding hydrogens is 519 g/mol. The zero-order valence-electron chi connectivity index (χ0n) is 15.4. The first-order chi connectivity index (χ1) is 12.6. The summed E-state index contributed by atoms with van der Waals surface area (Å²) in [6.45, 7) is 5.48. The van der Waals surface area contributed by atoms with Crippen molar-refractivity contribution in [2.24, 2.45) is 4.99 Å². The molecular formula is C20H26BrIN4O. The van der Waals surface area contributed by atoms with Crippen LogP contribution in [0, 0.1) is 0 Å². The van der Waals surface area contributed by atoms with E-state index in [4.69, 9.17) is 0 Å². The van der Waals surface area contributed by atoms with Gasteiger partial charge in [0.1, 0.15) is 5.75 Å². The number of guanidine groups is 1. The third-order valence-corrected chi connectivity index (χ3v) is 4.95. The number of halogens is 2. The summed E-state index contributed by atoms with van der Waals surface area (Å²) in [5.74, 6) is 1.12. The number of rotatable bonds is 5. The first-order valence-electron chi connectivity index (χ1n) is 8.97. The number of hydrogen-bond donors (Lipinski definition) is 3. The van der Waals surface area contributed by atoms with Crippen molar-refractivity contribution in [1.29, 1.82) is 0 Å². The van der Waals surface area contributed by atoms with Crippen molar-refractivity contribution in [3.8, 4) is 5.75 Å². The van der Waals surface area contributed by atoms with E-state index in [1.54, 1.807) is 12.1 Å². The summed E-state index contributed by atoms with van der Waals surface area (Å²) in [6, 6.07) is 16.0. The minimum Gasteiger partial charge on any atom is -0.508 e. The van der Waals surface area contributed by atoms with E-state index in [1.807, 2.05) is 12.1 Å². The Kier molecular flexibility index (Phi) is 8.69. The third-order valence-electron chi connectivity index (χ3n) is 4.42. The van der Waals surface area contributed by atoms with E-state index < -0.39 is 0 Å². The second-order valence-corrected chi connectivity index (χ2v) is 7.33. The van der Waals surface area contributed by atoms with Crippen LogP contribution in [-0.4, -0.2) is 36.7 Å². The van der Waals surface area contributed by atoms with Gasteiger partial charge >= 0.3 is 0 Å². The Labute approximate surface area is 186 Å². The van der Waals surface area contributed by atoms with Crippen LogP contribution in [0.2, 0.25) is 0 Å². The van der Waals surface area contributed by atoms with Gasteiger partial charge in [-0.25, -0.2) is 4.99 Å². The van der Waals surface area contributed by atoms with E-state index >= 15 is 0 Å². The topological polar surface area (TPSA) is 59.9 Å². The van der Waals surface area contributed by atoms with Crippen LogP contribution in [0.4, 0.5) is 5.69 Å². The fourth-order valence-corrected chi connectivity index (χ4v) is 3.31. The van der Waals surface area contributed by atoms with Crippen molar-refractivity contribution in [1.82, 2.24) is 10.6 Å². The van der Waals surface area contributed by atoms with E-state index in [1.165, 1.54) is 5.69 Å². The molecule has 1 saturated heterocycles. The standard InChI is InChI=1S/C20H25BrN4O.HI/c1-2-22-20(23-13-15-3-9-19(26)10-4-15)24-17-11-12-25(14-17)18-7-5-16(21)6-8-18;/h3-10,17,26H,2,11-14H2,1H3,(H2,22,23,24);1H. The van der Waals surface area contributed by atoms with Crippen LogP contribution in [0.3, 0.4) is 0 Å². The van der Waals surface area contributed by atoms with E-state index in [0.717, 1.165) is 42.1 Å². The second kappa shape index (κ2) is 10.8. The zero-order chi connectivity index (χ0) is 18.4. The lowest BCUT2D eigenvalue weighted by Crippen LogP contribution is -2.44. The van der Waals surface area contributed by atoms with Gasteiger partial charge in [-0.05, 0) is 55.3 Å². The minimum absolute atomic E-state index is 0. The molecule has 2 aromatic rings. The summed E-state index contributed by atoms with van der Waals surface area (Å²) >= 11 is 3.49. The molecule has 3 rings (SSSR count). The zero-order valence-corrected chi connectivity index (χ0v) is 19.3. The SMILES string of the molecule is CCNC(=NCc1ccc(O)cc1)NC1CCN(c2ccc(Br)cc2)C1.I. The Morgan fingerprint density at radius 2 is 1.89 bits per heavy atom. The lowest BCUT2D eigenvalue weighted by Gasteiger charge is -2.20. The Morgan fingerprint density at radius 3 is 2.56 bits per heavy atom. The van der Waals surface area contributed by atoms with Crippen LogP contribution in [0.5, 0.6) is 5.75 Å². The van der Waals surface area contributed by atoms with Gasteiger partial charge in [0.2, 0.25) is 0 Å². The molecule has 3 N–H and O–H groups in total. The maximum Gasteiger partial charge on any atom is 0.191 e. The molecule has 0 saturated carbocycles. The predicted molar refractivity (Wildman–Crippen MR) is 126 cm³/mol. The van der Waals surface area contributed by atoms with Crippen LogP contribution in [-0.2, 0) is 6.54 Å². The van der Waals surface area contributed by atoms with Crippen molar-refractivity contribution in [3.05, 3.63) is 58.6 Å². The molecule has 1 aliphatic heterocycles. The molecule has 1 unspecified atom stereocenters. The highest BCUT2D eigenvalue weighted by molar-refractivity contribution is 14.0. The summed E-state index contributed by atoms with van der Waals surface area (Å²) in [5.41, 5.74) is 2.33. The molecule has 5 nitrogen and oxygen atoms in total. The maximum atomic E-state index is 9.37. The van der Waals surface area contributed by atoms with E-state index in [9.17, 15) is 5.11 Å². The van der Waals surface area contributed by atoms with E-state index in [2.05, 4.69) is 67.6 Å². The maximum absolute atomic E-state index is 9.37. The van der Waals surface area contributed by atoms with Crippen molar-refractivity contribution >= 4 is 51.6 Å². The molecule has 146 valence electrons. The molecule has 0 aliphatic carbocycles. The first kappa shape index (κ1) is 21.8. The van der Waals surface area contributed by atoms with Crippen LogP contribution in [0.15, 0.2) is 58.0 Å². The van der Waals surface area contributed by atoms with Gasteiger partial charge in [0.25, 0.3) is 0 Å². The quantitative estimate of drug-likeness (QED) is 0.301. The summed E-state index contributed by atoms with van der Waals surface area (Å²) in [6.07, 6.45) is 1.08. The smallest absolute Gasteiger partial charge is 0.191 e. The molecule has 0 radical (unpaired) electrons. The molecule has 0 amide bonds. The van der Waals surface area contributed by atoms with Gasteiger partial charge in [-0.2, -0.15) is 0 Å². The van der Waals surface area contributed by atoms with Crippen molar-refractivity contribution < 1.29 is 5.11 Å². The second-order valence-electron chi connectivity index (χ2n) is 6.41. The Morgan fingerprint density at radius 1 is 1.19 bits per heavy atom. The van der Waals surface area contributed by atoms with Gasteiger partial charge in [-0.3, -0.25) is 0 Å². The Balaban J connectivity index is 0.00000261. The van der Waals surface area contributed by atoms with Crippen LogP contribution in [0.1, 0.15) is 18.9 Å². The number of nitrogens with zero attached hydrogens (tertiary/aromatic N) is 2. The number of phenolic OH excluding ortho intramolecular Hbond substituents is 1. The van der Waals surface area contributed by atoms with Crippen molar-refractivity contribution in [3.63, 3.8) is 0 Å². The number of nitrogens with one attached hydrogen (secondary N) is 2. The van der Waals surface area contributed by atoms with Gasteiger partial charge < -0.3 is 20.6 Å². The average Bonchev–Trinajstić information content (AvgIpc) is 3.10. The van der Waals surface area contributed by atoms with Crippen molar-refractivity contribution in [2.75, 3.05) is 24.5 Å². The van der Waals surface area contributed by atoms with Crippen LogP contribution in [0.25, 0.3) is 0 Å². The monoisotopic (exact) mass is 544 g/mol. The number of benzene rings is 2. The van der Waals surface area contributed by atoms with Crippen molar-refractivity contribution in [2.45, 2.75) is 25.9 Å². The molecule has 7 heteroatoms. The molecule has 1 fully saturated rings. The normalized spacial score (nSPS) is 16.7. The van der Waals surface area contributed by atoms with Gasteiger partial charge in [0.05, 0.1) is 6.54 Å². The summed E-state index contributed by atoms with van der Waals surface area (Å²) in [4.78, 5) is 7.07. The lowest BCUT2D eigenvalue weighted by molar-refractivity contribution is 0.475. The largest absolute Gasteiger partial charge is 0.508 e. The fraction of sp³-hybridized carbons (Fsp3) is 0.350. The number of anilines is 1. The van der Waals surface area contributed by atoms with E-state index in [-0.39, 0.29) is 29.7 Å². The molecule has 0 aromatic heterocycles. The average molecular weight is 545 g/mol. The highest BCUT2D eigenvalue weighted by Crippen LogP contribution is 2.22. The minimum atomic E-state index is 0. The summed E-state index contributed by atoms with van der Waals surface area (Å²) < 4.78 is 1.10. The summed E-state index contributed by atoms with van der Waals surface area (Å²) in [7, 11) is 0. The highest BCUT2D eigenvalue weighted by Gasteiger charge is 2.23. The van der Waals surface area contributed by atoms with Gasteiger partial charge in [-0.15, -0.1) is 24.0 Å². The molecule has 1 atom stereocenters. The lowest BCUT2D eigenvalue weighted by atomic mass is 10.2. The fourth-order valence-electron chi connectivity index (χ4n) is 3.05. The highest BCUT2D eigenvalue weighted by atomic mass is 127. The number of phenols is 1. The van der Waals surface area contributed by atoms with Crippen LogP contribution < -0.4 is 15.5 Å². The molecule has 2 aromatic carbocycles.